The maximum absolute atomic E-state index is 12.4. The van der Waals surface area contributed by atoms with Crippen molar-refractivity contribution in [2.75, 3.05) is 5.32 Å². The SMILES string of the molecule is Cc1ccc(NC(=O)[C@@H](C)Sc2nn(-c3ccccc3C)c(=S)s2)cc1. The van der Waals surface area contributed by atoms with Crippen LogP contribution in [0.5, 0.6) is 0 Å². The lowest BCUT2D eigenvalue weighted by Crippen LogP contribution is -2.22. The van der Waals surface area contributed by atoms with Crippen LogP contribution in [0.15, 0.2) is 52.9 Å². The third-order valence-electron chi connectivity index (χ3n) is 3.84. The molecule has 134 valence electrons. The molecule has 4 nitrogen and oxygen atoms in total. The molecular formula is C19H19N3OS3. The molecule has 3 rings (SSSR count). The second kappa shape index (κ2) is 8.16. The Morgan fingerprint density at radius 1 is 1.19 bits per heavy atom. The maximum atomic E-state index is 12.4. The molecule has 0 aliphatic rings. The average Bonchev–Trinajstić information content (AvgIpc) is 2.97. The number of para-hydroxylation sites is 1. The molecule has 0 bridgehead atoms. The zero-order valence-electron chi connectivity index (χ0n) is 14.7. The first-order chi connectivity index (χ1) is 12.4. The van der Waals surface area contributed by atoms with Crippen molar-refractivity contribution in [1.82, 2.24) is 9.78 Å². The number of carbonyl (C=O) groups excluding carboxylic acids is 1. The maximum Gasteiger partial charge on any atom is 0.237 e. The number of hydrogen-bond donors (Lipinski definition) is 1. The molecule has 26 heavy (non-hydrogen) atoms. The van der Waals surface area contributed by atoms with Crippen LogP contribution in [0.4, 0.5) is 5.69 Å². The van der Waals surface area contributed by atoms with E-state index in [-0.39, 0.29) is 11.2 Å². The van der Waals surface area contributed by atoms with Gasteiger partial charge in [0.1, 0.15) is 0 Å². The van der Waals surface area contributed by atoms with Gasteiger partial charge < -0.3 is 5.32 Å². The number of thioether (sulfide) groups is 1. The molecule has 0 aliphatic heterocycles. The van der Waals surface area contributed by atoms with Crippen molar-refractivity contribution in [3.63, 3.8) is 0 Å². The molecule has 0 spiro atoms. The van der Waals surface area contributed by atoms with E-state index >= 15 is 0 Å². The minimum atomic E-state index is -0.276. The molecule has 1 amide bonds. The molecular weight excluding hydrogens is 382 g/mol. The summed E-state index contributed by atoms with van der Waals surface area (Å²) in [7, 11) is 0. The Labute approximate surface area is 166 Å². The number of rotatable bonds is 5. The smallest absolute Gasteiger partial charge is 0.237 e. The highest BCUT2D eigenvalue weighted by Gasteiger charge is 2.18. The van der Waals surface area contributed by atoms with Gasteiger partial charge in [-0.2, -0.15) is 0 Å². The topological polar surface area (TPSA) is 46.9 Å². The van der Waals surface area contributed by atoms with Gasteiger partial charge >= 0.3 is 0 Å². The van der Waals surface area contributed by atoms with Crippen molar-refractivity contribution in [2.45, 2.75) is 30.4 Å². The summed E-state index contributed by atoms with van der Waals surface area (Å²) >= 11 is 8.29. The standard InChI is InChI=1S/C19H19N3OS3/c1-12-8-10-15(11-9-12)20-17(23)14(3)25-18-21-22(19(24)26-18)16-7-5-4-6-13(16)2/h4-11,14H,1-3H3,(H,20,23)/t14-/m1/s1. The van der Waals surface area contributed by atoms with Gasteiger partial charge in [-0.25, -0.2) is 4.68 Å². The Kier molecular flexibility index (Phi) is 5.90. The predicted octanol–water partition coefficient (Wildman–Crippen LogP) is 5.40. The van der Waals surface area contributed by atoms with Gasteiger partial charge in [-0.3, -0.25) is 4.79 Å². The lowest BCUT2D eigenvalue weighted by atomic mass is 10.2. The molecule has 1 heterocycles. The molecule has 0 aliphatic carbocycles. The first-order valence-electron chi connectivity index (χ1n) is 8.14. The summed E-state index contributed by atoms with van der Waals surface area (Å²) < 4.78 is 3.22. The number of carbonyl (C=O) groups is 1. The number of anilines is 1. The fourth-order valence-electron chi connectivity index (χ4n) is 2.35. The van der Waals surface area contributed by atoms with Crippen LogP contribution in [0, 0.1) is 17.8 Å². The molecule has 0 saturated heterocycles. The molecule has 1 atom stereocenters. The highest BCUT2D eigenvalue weighted by Crippen LogP contribution is 2.29. The van der Waals surface area contributed by atoms with Gasteiger partial charge in [0, 0.05) is 5.69 Å². The Morgan fingerprint density at radius 2 is 1.88 bits per heavy atom. The normalized spacial score (nSPS) is 12.0. The van der Waals surface area contributed by atoms with Crippen LogP contribution >= 0.6 is 35.3 Å². The van der Waals surface area contributed by atoms with Crippen molar-refractivity contribution in [1.29, 1.82) is 0 Å². The Bertz CT molecular complexity index is 976. The summed E-state index contributed by atoms with van der Waals surface area (Å²) in [6.07, 6.45) is 0. The lowest BCUT2D eigenvalue weighted by molar-refractivity contribution is -0.115. The Morgan fingerprint density at radius 3 is 2.58 bits per heavy atom. The van der Waals surface area contributed by atoms with Crippen molar-refractivity contribution in [3.05, 3.63) is 63.6 Å². The largest absolute Gasteiger partial charge is 0.325 e. The molecule has 1 aromatic heterocycles. The van der Waals surface area contributed by atoms with Crippen molar-refractivity contribution in [2.24, 2.45) is 0 Å². The van der Waals surface area contributed by atoms with Gasteiger partial charge in [-0.1, -0.05) is 59.0 Å². The van der Waals surface area contributed by atoms with Gasteiger partial charge in [0.25, 0.3) is 0 Å². The second-order valence-corrected chi connectivity index (χ2v) is 9.16. The fourth-order valence-corrected chi connectivity index (χ4v) is 4.84. The number of hydrogen-bond acceptors (Lipinski definition) is 5. The van der Waals surface area contributed by atoms with E-state index in [4.69, 9.17) is 12.2 Å². The number of aryl methyl sites for hydroxylation is 2. The molecule has 0 fully saturated rings. The van der Waals surface area contributed by atoms with Crippen LogP contribution < -0.4 is 5.32 Å². The molecule has 3 aromatic rings. The van der Waals surface area contributed by atoms with Gasteiger partial charge in [-0.15, -0.1) is 5.10 Å². The second-order valence-electron chi connectivity index (χ2n) is 5.95. The van der Waals surface area contributed by atoms with E-state index in [1.54, 1.807) is 4.68 Å². The molecule has 0 unspecified atom stereocenters. The Hall–Kier alpha value is -1.96. The minimum Gasteiger partial charge on any atom is -0.325 e. The van der Waals surface area contributed by atoms with E-state index in [9.17, 15) is 4.79 Å². The number of nitrogens with zero attached hydrogens (tertiary/aromatic N) is 2. The van der Waals surface area contributed by atoms with Gasteiger partial charge in [0.15, 0.2) is 8.29 Å². The monoisotopic (exact) mass is 401 g/mol. The first-order valence-corrected chi connectivity index (χ1v) is 10.2. The predicted molar refractivity (Wildman–Crippen MR) is 112 cm³/mol. The molecule has 2 aromatic carbocycles. The van der Waals surface area contributed by atoms with E-state index in [1.165, 1.54) is 23.1 Å². The van der Waals surface area contributed by atoms with E-state index in [0.29, 0.717) is 3.95 Å². The van der Waals surface area contributed by atoms with Crippen LogP contribution in [0.1, 0.15) is 18.1 Å². The van der Waals surface area contributed by atoms with Gasteiger partial charge in [-0.05, 0) is 56.8 Å². The minimum absolute atomic E-state index is 0.0533. The summed E-state index contributed by atoms with van der Waals surface area (Å²) in [6.45, 7) is 5.92. The average molecular weight is 402 g/mol. The van der Waals surface area contributed by atoms with Crippen molar-refractivity contribution < 1.29 is 4.79 Å². The molecule has 0 saturated carbocycles. The number of nitrogens with one attached hydrogen (secondary N) is 1. The van der Waals surface area contributed by atoms with Gasteiger partial charge in [0.2, 0.25) is 5.91 Å². The van der Waals surface area contributed by atoms with Crippen LogP contribution in [0.25, 0.3) is 5.69 Å². The van der Waals surface area contributed by atoms with Crippen molar-refractivity contribution in [3.8, 4) is 5.69 Å². The quantitative estimate of drug-likeness (QED) is 0.459. The third-order valence-corrected chi connectivity index (χ3v) is 6.26. The van der Waals surface area contributed by atoms with Crippen LogP contribution in [-0.2, 0) is 4.79 Å². The summed E-state index contributed by atoms with van der Waals surface area (Å²) in [4.78, 5) is 12.4. The number of benzene rings is 2. The van der Waals surface area contributed by atoms with E-state index in [2.05, 4.69) is 10.4 Å². The summed E-state index contributed by atoms with van der Waals surface area (Å²) in [5.41, 5.74) is 4.03. The molecule has 7 heteroatoms. The highest BCUT2D eigenvalue weighted by atomic mass is 32.2. The van der Waals surface area contributed by atoms with Gasteiger partial charge in [0.05, 0.1) is 10.9 Å². The zero-order valence-corrected chi connectivity index (χ0v) is 17.2. The van der Waals surface area contributed by atoms with Crippen molar-refractivity contribution >= 4 is 46.9 Å². The van der Waals surface area contributed by atoms with Crippen LogP contribution in [0.3, 0.4) is 0 Å². The third kappa shape index (κ3) is 4.41. The first kappa shape index (κ1) is 18.8. The summed E-state index contributed by atoms with van der Waals surface area (Å²) in [5, 5.41) is 7.26. The van der Waals surface area contributed by atoms with Crippen LogP contribution in [-0.4, -0.2) is 20.9 Å². The van der Waals surface area contributed by atoms with E-state index < -0.39 is 0 Å². The van der Waals surface area contributed by atoms with E-state index in [0.717, 1.165) is 26.8 Å². The highest BCUT2D eigenvalue weighted by molar-refractivity contribution is 8.02. The Balaban J connectivity index is 1.72. The lowest BCUT2D eigenvalue weighted by Gasteiger charge is -2.10. The fraction of sp³-hybridized carbons (Fsp3) is 0.211. The summed E-state index contributed by atoms with van der Waals surface area (Å²) in [5.74, 6) is -0.0533. The summed E-state index contributed by atoms with van der Waals surface area (Å²) in [6, 6.07) is 15.7. The number of amides is 1. The number of aromatic nitrogens is 2. The molecule has 1 N–H and O–H groups in total. The zero-order chi connectivity index (χ0) is 18.7. The van der Waals surface area contributed by atoms with E-state index in [1.807, 2.05) is 69.3 Å². The van der Waals surface area contributed by atoms with Crippen LogP contribution in [0.2, 0.25) is 0 Å². The molecule has 0 radical (unpaired) electrons.